The number of Topliss-reactive ketones (excluding diaryl/α,β-unsaturated/α-hetero) is 1. The summed E-state index contributed by atoms with van der Waals surface area (Å²) in [4.78, 5) is 17.4. The van der Waals surface area contributed by atoms with Crippen LogP contribution in [0.3, 0.4) is 0 Å². The van der Waals surface area contributed by atoms with Gasteiger partial charge in [-0.2, -0.15) is 8.78 Å². The minimum atomic E-state index is -3.31. The molecule has 1 atom stereocenters. The fourth-order valence-electron chi connectivity index (χ4n) is 4.27. The highest BCUT2D eigenvalue weighted by Gasteiger charge is 2.37. The lowest BCUT2D eigenvalue weighted by molar-refractivity contribution is -0.0505. The first-order chi connectivity index (χ1) is 15.7. The van der Waals surface area contributed by atoms with Crippen molar-refractivity contribution in [1.29, 1.82) is 0 Å². The Labute approximate surface area is 188 Å². The van der Waals surface area contributed by atoms with Crippen molar-refractivity contribution in [2.24, 2.45) is 0 Å². The second kappa shape index (κ2) is 7.77. The fraction of sp³-hybridized carbons (Fsp3) is 0.167. The molecule has 0 fully saturated rings. The van der Waals surface area contributed by atoms with E-state index in [9.17, 15) is 22.0 Å². The van der Waals surface area contributed by atoms with Crippen LogP contribution >= 0.6 is 0 Å². The Balaban J connectivity index is 1.62. The summed E-state index contributed by atoms with van der Waals surface area (Å²) >= 11 is 0. The number of hydrogen-bond acceptors (Lipinski definition) is 5. The molecule has 0 spiro atoms. The van der Waals surface area contributed by atoms with Crippen LogP contribution in [-0.2, 0) is 9.84 Å². The van der Waals surface area contributed by atoms with E-state index < -0.39 is 22.4 Å². The van der Waals surface area contributed by atoms with E-state index in [1.54, 1.807) is 40.8 Å². The second-order valence-electron chi connectivity index (χ2n) is 7.88. The first-order valence-corrected chi connectivity index (χ1v) is 12.0. The lowest BCUT2D eigenvalue weighted by atomic mass is 9.95. The van der Waals surface area contributed by atoms with Crippen LogP contribution < -0.4 is 4.74 Å². The number of benzene rings is 2. The molecule has 4 aromatic rings. The van der Waals surface area contributed by atoms with Crippen molar-refractivity contribution in [3.8, 4) is 16.9 Å². The number of sulfone groups is 1. The smallest absolute Gasteiger partial charge is 0.387 e. The van der Waals surface area contributed by atoms with Gasteiger partial charge < -0.3 is 9.14 Å². The number of fused-ring (bicyclic) bond motifs is 3. The normalized spacial score (nSPS) is 15.9. The molecule has 0 bridgehead atoms. The van der Waals surface area contributed by atoms with Crippen LogP contribution in [0.4, 0.5) is 8.78 Å². The molecular formula is C24H18F2N2O4S. The fourth-order valence-corrected chi connectivity index (χ4v) is 4.90. The third kappa shape index (κ3) is 3.78. The van der Waals surface area contributed by atoms with Crippen molar-refractivity contribution in [1.82, 2.24) is 9.38 Å². The van der Waals surface area contributed by atoms with E-state index in [2.05, 4.69) is 4.98 Å². The van der Waals surface area contributed by atoms with Gasteiger partial charge in [0, 0.05) is 30.4 Å². The minimum absolute atomic E-state index is 0.0284. The maximum Gasteiger partial charge on any atom is 0.387 e. The predicted octanol–water partition coefficient (Wildman–Crippen LogP) is 4.72. The molecule has 1 aliphatic rings. The zero-order chi connectivity index (χ0) is 23.3. The molecule has 168 valence electrons. The van der Waals surface area contributed by atoms with Crippen LogP contribution in [0.2, 0.25) is 0 Å². The summed E-state index contributed by atoms with van der Waals surface area (Å²) < 4.78 is 55.9. The predicted molar refractivity (Wildman–Crippen MR) is 118 cm³/mol. The maximum atomic E-state index is 13.0. The molecule has 2 aromatic carbocycles. The Hall–Kier alpha value is -3.59. The number of halogens is 2. The Bertz CT molecular complexity index is 1490. The number of pyridine rings is 1. The van der Waals surface area contributed by atoms with Gasteiger partial charge in [0.15, 0.2) is 15.6 Å². The molecule has 0 radical (unpaired) electrons. The Morgan fingerprint density at radius 3 is 2.42 bits per heavy atom. The van der Waals surface area contributed by atoms with Crippen LogP contribution in [0.1, 0.15) is 34.1 Å². The highest BCUT2D eigenvalue weighted by Crippen LogP contribution is 2.42. The Kier molecular flexibility index (Phi) is 5.01. The van der Waals surface area contributed by atoms with E-state index in [0.29, 0.717) is 22.6 Å². The maximum absolute atomic E-state index is 13.0. The van der Waals surface area contributed by atoms with Gasteiger partial charge >= 0.3 is 6.61 Å². The molecule has 1 aliphatic carbocycles. The highest BCUT2D eigenvalue weighted by atomic mass is 32.2. The van der Waals surface area contributed by atoms with Gasteiger partial charge in [0.2, 0.25) is 0 Å². The third-order valence-corrected chi connectivity index (χ3v) is 6.89. The van der Waals surface area contributed by atoms with Crippen molar-refractivity contribution in [3.05, 3.63) is 83.8 Å². The number of alkyl halides is 2. The first-order valence-electron chi connectivity index (χ1n) is 10.1. The van der Waals surface area contributed by atoms with Crippen molar-refractivity contribution in [2.45, 2.75) is 23.8 Å². The average molecular weight is 468 g/mol. The van der Waals surface area contributed by atoms with E-state index in [0.717, 1.165) is 17.4 Å². The summed E-state index contributed by atoms with van der Waals surface area (Å²) in [7, 11) is -3.31. The number of nitrogens with zero attached hydrogens (tertiary/aromatic N) is 2. The van der Waals surface area contributed by atoms with Crippen LogP contribution in [0, 0.1) is 0 Å². The summed E-state index contributed by atoms with van der Waals surface area (Å²) in [5, 5.41) is 0. The molecule has 0 amide bonds. The van der Waals surface area contributed by atoms with Gasteiger partial charge in [-0.1, -0.05) is 30.3 Å². The van der Waals surface area contributed by atoms with Gasteiger partial charge in [0.25, 0.3) is 0 Å². The van der Waals surface area contributed by atoms with Crippen molar-refractivity contribution < 1.29 is 26.7 Å². The van der Waals surface area contributed by atoms with E-state index in [-0.39, 0.29) is 22.8 Å². The molecule has 0 unspecified atom stereocenters. The number of carbonyl (C=O) groups is 1. The molecule has 2 heterocycles. The van der Waals surface area contributed by atoms with Gasteiger partial charge in [0.1, 0.15) is 17.1 Å². The van der Waals surface area contributed by atoms with Gasteiger partial charge in [0.05, 0.1) is 10.6 Å². The van der Waals surface area contributed by atoms with Crippen molar-refractivity contribution >= 4 is 21.3 Å². The topological polar surface area (TPSA) is 77.7 Å². The number of aromatic nitrogens is 2. The number of para-hydroxylation sites is 1. The van der Waals surface area contributed by atoms with Crippen molar-refractivity contribution in [2.75, 3.05) is 6.26 Å². The van der Waals surface area contributed by atoms with E-state index in [1.165, 1.54) is 18.2 Å². The number of ketones is 1. The SMILES string of the molecule is CS(=O)(=O)c1ccc(-c2ccc3nc4c(n3c2)[C@@H](c2ccccc2OC(F)F)CC4=O)cc1. The molecule has 0 saturated carbocycles. The summed E-state index contributed by atoms with van der Waals surface area (Å²) in [5.41, 5.74) is 3.56. The zero-order valence-electron chi connectivity index (χ0n) is 17.4. The van der Waals surface area contributed by atoms with Gasteiger partial charge in [-0.3, -0.25) is 4.79 Å². The number of imidazole rings is 1. The third-order valence-electron chi connectivity index (χ3n) is 5.77. The monoisotopic (exact) mass is 468 g/mol. The molecule has 9 heteroatoms. The van der Waals surface area contributed by atoms with E-state index in [4.69, 9.17) is 4.74 Å². The summed E-state index contributed by atoms with van der Waals surface area (Å²) in [5.74, 6) is -0.620. The zero-order valence-corrected chi connectivity index (χ0v) is 18.2. The summed E-state index contributed by atoms with van der Waals surface area (Å²) in [6.07, 6.45) is 3.08. The lowest BCUT2D eigenvalue weighted by Gasteiger charge is -2.17. The van der Waals surface area contributed by atoms with Gasteiger partial charge in [-0.05, 0) is 41.5 Å². The standard InChI is InChI=1S/C24H18F2N2O4S/c1-33(30,31)16-9-6-14(7-10-16)15-8-11-21-27-22-19(29)12-18(23(22)28(21)13-15)17-4-2-3-5-20(17)32-24(25)26/h2-11,13,18,24H,12H2,1H3/t18-/m1/s1. The molecular weight excluding hydrogens is 450 g/mol. The Morgan fingerprint density at radius 1 is 1.03 bits per heavy atom. The molecule has 0 N–H and O–H groups in total. The molecule has 2 aromatic heterocycles. The van der Waals surface area contributed by atoms with Crippen LogP contribution in [0.25, 0.3) is 16.8 Å². The summed E-state index contributed by atoms with van der Waals surface area (Å²) in [6, 6.07) is 16.6. The van der Waals surface area contributed by atoms with Crippen LogP contribution in [0.15, 0.2) is 71.8 Å². The lowest BCUT2D eigenvalue weighted by Crippen LogP contribution is -2.08. The second-order valence-corrected chi connectivity index (χ2v) is 9.90. The Morgan fingerprint density at radius 2 is 1.73 bits per heavy atom. The van der Waals surface area contributed by atoms with E-state index in [1.807, 2.05) is 12.3 Å². The molecule has 6 nitrogen and oxygen atoms in total. The molecule has 33 heavy (non-hydrogen) atoms. The van der Waals surface area contributed by atoms with Crippen LogP contribution in [0.5, 0.6) is 5.75 Å². The largest absolute Gasteiger partial charge is 0.435 e. The highest BCUT2D eigenvalue weighted by molar-refractivity contribution is 7.90. The van der Waals surface area contributed by atoms with Gasteiger partial charge in [-0.25, -0.2) is 13.4 Å². The molecule has 5 rings (SSSR count). The number of hydrogen-bond donors (Lipinski definition) is 0. The van der Waals surface area contributed by atoms with Gasteiger partial charge in [-0.15, -0.1) is 0 Å². The quantitative estimate of drug-likeness (QED) is 0.423. The van der Waals surface area contributed by atoms with E-state index >= 15 is 0 Å². The first kappa shape index (κ1) is 21.3. The van der Waals surface area contributed by atoms with Crippen molar-refractivity contribution in [3.63, 3.8) is 0 Å². The number of carbonyl (C=O) groups excluding carboxylic acids is 1. The minimum Gasteiger partial charge on any atom is -0.435 e. The number of ether oxygens (including phenoxy) is 1. The summed E-state index contributed by atoms with van der Waals surface area (Å²) in [6.45, 7) is -2.98. The molecule has 0 aliphatic heterocycles. The van der Waals surface area contributed by atoms with Crippen LogP contribution in [-0.4, -0.2) is 36.5 Å². The molecule has 0 saturated heterocycles. The average Bonchev–Trinajstić information content (AvgIpc) is 3.30. The number of rotatable bonds is 5.